The fourth-order valence-corrected chi connectivity index (χ4v) is 5.15. The summed E-state index contributed by atoms with van der Waals surface area (Å²) in [7, 11) is 0. The fraction of sp³-hybridized carbons (Fsp3) is 0. The molecule has 2 heterocycles. The molecule has 27 heavy (non-hydrogen) atoms. The van der Waals surface area contributed by atoms with E-state index in [0.29, 0.717) is 0 Å². The van der Waals surface area contributed by atoms with Crippen molar-refractivity contribution in [2.75, 3.05) is 0 Å². The summed E-state index contributed by atoms with van der Waals surface area (Å²) in [6.45, 7) is 0. The predicted octanol–water partition coefficient (Wildman–Crippen LogP) is 7.09. The second-order valence-electron chi connectivity index (χ2n) is 6.84. The minimum absolute atomic E-state index is 1.20. The molecule has 0 N–H and O–H groups in total. The van der Waals surface area contributed by atoms with Crippen molar-refractivity contribution < 1.29 is 0 Å². The molecular weight excluding hydrogens is 443 g/mol. The standard InChI is InChI=1S/C24H15IN2/c25-27-20-13-7-5-11-18(20)24-22(27)15-14-21-23(24)17-10-4-6-12-19(17)26(21)16-8-2-1-3-9-16/h1-15H. The van der Waals surface area contributed by atoms with Crippen LogP contribution in [0, 0.1) is 0 Å². The molecule has 4 aromatic carbocycles. The van der Waals surface area contributed by atoms with Gasteiger partial charge in [-0.1, -0.05) is 54.6 Å². The van der Waals surface area contributed by atoms with Crippen molar-refractivity contribution in [3.05, 3.63) is 91.0 Å². The molecule has 0 amide bonds. The van der Waals surface area contributed by atoms with Crippen LogP contribution in [-0.4, -0.2) is 7.35 Å². The van der Waals surface area contributed by atoms with Gasteiger partial charge in [-0.3, -0.25) is 2.78 Å². The molecule has 6 aromatic rings. The minimum atomic E-state index is 1.20. The summed E-state index contributed by atoms with van der Waals surface area (Å²) in [5.74, 6) is 0. The highest BCUT2D eigenvalue weighted by Gasteiger charge is 2.18. The molecule has 6 rings (SSSR count). The van der Waals surface area contributed by atoms with Crippen LogP contribution in [0.3, 0.4) is 0 Å². The highest BCUT2D eigenvalue weighted by molar-refractivity contribution is 14.1. The van der Waals surface area contributed by atoms with Crippen molar-refractivity contribution in [1.29, 1.82) is 0 Å². The smallest absolute Gasteiger partial charge is 0.0646 e. The number of halogens is 1. The molecule has 0 saturated heterocycles. The third kappa shape index (κ3) is 2.00. The Balaban J connectivity index is 1.94. The number of fused-ring (bicyclic) bond motifs is 7. The second kappa shape index (κ2) is 5.60. The van der Waals surface area contributed by atoms with Crippen molar-refractivity contribution in [3.8, 4) is 5.69 Å². The number of rotatable bonds is 1. The average molecular weight is 458 g/mol. The Morgan fingerprint density at radius 2 is 1.04 bits per heavy atom. The van der Waals surface area contributed by atoms with E-state index in [1.54, 1.807) is 0 Å². The number of aromatic nitrogens is 2. The Labute approximate surface area is 170 Å². The van der Waals surface area contributed by atoms with Gasteiger partial charge in [0.25, 0.3) is 0 Å². The molecule has 2 aromatic heterocycles. The maximum absolute atomic E-state index is 2.42. The molecule has 2 nitrogen and oxygen atoms in total. The maximum atomic E-state index is 2.42. The lowest BCUT2D eigenvalue weighted by Gasteiger charge is -2.07. The van der Waals surface area contributed by atoms with Gasteiger partial charge in [-0.05, 0) is 36.4 Å². The van der Waals surface area contributed by atoms with Crippen molar-refractivity contribution in [3.63, 3.8) is 0 Å². The molecule has 3 heteroatoms. The monoisotopic (exact) mass is 458 g/mol. The number of nitrogens with zero attached hydrogens (tertiary/aromatic N) is 2. The SMILES string of the molecule is In1c2ccccc2c2c3c4ccccc4n(-c4ccccc4)c3ccc21. The van der Waals surface area contributed by atoms with Gasteiger partial charge in [0, 0.05) is 27.2 Å². The predicted molar refractivity (Wildman–Crippen MR) is 123 cm³/mol. The lowest BCUT2D eigenvalue weighted by molar-refractivity contribution is 1.18. The lowest BCUT2D eigenvalue weighted by Crippen LogP contribution is -1.92. The molecular formula is C24H15IN2. The molecule has 0 aliphatic rings. The van der Waals surface area contributed by atoms with Crippen LogP contribution in [-0.2, 0) is 0 Å². The topological polar surface area (TPSA) is 9.86 Å². The summed E-state index contributed by atoms with van der Waals surface area (Å²) in [5, 5.41) is 5.28. The summed E-state index contributed by atoms with van der Waals surface area (Å²) in [5.41, 5.74) is 6.22. The first-order valence-corrected chi connectivity index (χ1v) is 9.98. The van der Waals surface area contributed by atoms with E-state index >= 15 is 0 Å². The Bertz CT molecular complexity index is 1470. The third-order valence-electron chi connectivity index (χ3n) is 5.43. The molecule has 0 radical (unpaired) electrons. The Morgan fingerprint density at radius 3 is 1.81 bits per heavy atom. The number of benzene rings is 4. The van der Waals surface area contributed by atoms with Gasteiger partial charge in [-0.15, -0.1) is 0 Å². The Hall–Kier alpha value is -2.79. The maximum Gasteiger partial charge on any atom is 0.0646 e. The number of hydrogen-bond acceptors (Lipinski definition) is 0. The van der Waals surface area contributed by atoms with Crippen molar-refractivity contribution in [2.45, 2.75) is 0 Å². The van der Waals surface area contributed by atoms with E-state index in [1.807, 2.05) is 0 Å². The summed E-state index contributed by atoms with van der Waals surface area (Å²) < 4.78 is 4.65. The molecule has 0 saturated carbocycles. The molecule has 0 aliphatic heterocycles. The summed E-state index contributed by atoms with van der Waals surface area (Å²) >= 11 is 2.42. The fourth-order valence-electron chi connectivity index (χ4n) is 4.33. The quantitative estimate of drug-likeness (QED) is 0.233. The van der Waals surface area contributed by atoms with E-state index in [-0.39, 0.29) is 0 Å². The van der Waals surface area contributed by atoms with E-state index in [9.17, 15) is 0 Å². The highest BCUT2D eigenvalue weighted by atomic mass is 127. The van der Waals surface area contributed by atoms with Crippen LogP contribution in [0.2, 0.25) is 0 Å². The van der Waals surface area contributed by atoms with E-state index in [2.05, 4.69) is 121 Å². The van der Waals surface area contributed by atoms with Gasteiger partial charge in [0.1, 0.15) is 0 Å². The zero-order valence-electron chi connectivity index (χ0n) is 14.4. The van der Waals surface area contributed by atoms with Gasteiger partial charge < -0.3 is 4.57 Å². The van der Waals surface area contributed by atoms with E-state index in [0.717, 1.165) is 0 Å². The first-order valence-electron chi connectivity index (χ1n) is 9.01. The van der Waals surface area contributed by atoms with Crippen LogP contribution >= 0.6 is 22.9 Å². The molecule has 0 fully saturated rings. The van der Waals surface area contributed by atoms with Crippen molar-refractivity contribution in [2.24, 2.45) is 0 Å². The van der Waals surface area contributed by atoms with Crippen LogP contribution < -0.4 is 0 Å². The lowest BCUT2D eigenvalue weighted by atomic mass is 10.1. The zero-order valence-corrected chi connectivity index (χ0v) is 16.6. The van der Waals surface area contributed by atoms with Gasteiger partial charge in [0.15, 0.2) is 0 Å². The van der Waals surface area contributed by atoms with Crippen LogP contribution in [0.5, 0.6) is 0 Å². The first-order chi connectivity index (χ1) is 13.3. The normalized spacial score (nSPS) is 11.9. The second-order valence-corrected chi connectivity index (χ2v) is 7.80. The first kappa shape index (κ1) is 15.3. The van der Waals surface area contributed by atoms with Crippen molar-refractivity contribution >= 4 is 66.5 Å². The molecule has 0 aliphatic carbocycles. The zero-order chi connectivity index (χ0) is 18.0. The number of para-hydroxylation sites is 3. The molecule has 0 unspecified atom stereocenters. The van der Waals surface area contributed by atoms with Gasteiger partial charge in [-0.25, -0.2) is 0 Å². The van der Waals surface area contributed by atoms with Gasteiger partial charge >= 0.3 is 0 Å². The summed E-state index contributed by atoms with van der Waals surface area (Å²) in [4.78, 5) is 0. The van der Waals surface area contributed by atoms with Crippen molar-refractivity contribution in [1.82, 2.24) is 7.35 Å². The molecule has 0 bridgehead atoms. The van der Waals surface area contributed by atoms with Crippen LogP contribution in [0.15, 0.2) is 91.0 Å². The van der Waals surface area contributed by atoms with Crippen LogP contribution in [0.4, 0.5) is 0 Å². The Morgan fingerprint density at radius 1 is 0.481 bits per heavy atom. The largest absolute Gasteiger partial charge is 0.309 e. The highest BCUT2D eigenvalue weighted by Crippen LogP contribution is 2.41. The average Bonchev–Trinajstić information content (AvgIpc) is 3.22. The number of hydrogen-bond donors (Lipinski definition) is 0. The van der Waals surface area contributed by atoms with Gasteiger partial charge in [-0.2, -0.15) is 0 Å². The molecule has 0 atom stereocenters. The van der Waals surface area contributed by atoms with Gasteiger partial charge in [0.2, 0.25) is 0 Å². The third-order valence-corrected chi connectivity index (χ3v) is 6.47. The summed E-state index contributed by atoms with van der Waals surface area (Å²) in [6, 6.07) is 32.6. The minimum Gasteiger partial charge on any atom is -0.309 e. The molecule has 128 valence electrons. The van der Waals surface area contributed by atoms with E-state index < -0.39 is 0 Å². The van der Waals surface area contributed by atoms with E-state index in [1.165, 1.54) is 49.3 Å². The van der Waals surface area contributed by atoms with Crippen LogP contribution in [0.25, 0.3) is 49.3 Å². The van der Waals surface area contributed by atoms with Gasteiger partial charge in [0.05, 0.1) is 44.9 Å². The molecule has 0 spiro atoms. The van der Waals surface area contributed by atoms with E-state index in [4.69, 9.17) is 0 Å². The Kier molecular flexibility index (Phi) is 3.17. The van der Waals surface area contributed by atoms with Crippen LogP contribution in [0.1, 0.15) is 0 Å². The summed E-state index contributed by atoms with van der Waals surface area (Å²) in [6.07, 6.45) is 0.